The van der Waals surface area contributed by atoms with E-state index in [0.717, 1.165) is 43.7 Å². The van der Waals surface area contributed by atoms with Crippen molar-refractivity contribution in [1.82, 2.24) is 0 Å². The highest BCUT2D eigenvalue weighted by Gasteiger charge is 2.31. The van der Waals surface area contributed by atoms with Gasteiger partial charge in [-0.3, -0.25) is 4.79 Å². The molecule has 0 spiro atoms. The maximum absolute atomic E-state index is 13.0. The first-order chi connectivity index (χ1) is 15.0. The molecule has 0 radical (unpaired) electrons. The molecule has 1 heterocycles. The Kier molecular flexibility index (Phi) is 6.89. The van der Waals surface area contributed by atoms with Crippen LogP contribution in [0.25, 0.3) is 11.6 Å². The summed E-state index contributed by atoms with van der Waals surface area (Å²) in [6.07, 6.45) is 2.87. The molecule has 3 nitrogen and oxygen atoms in total. The average molecular weight is 564 g/mol. The average Bonchev–Trinajstić information content (AvgIpc) is 3.01. The van der Waals surface area contributed by atoms with E-state index in [2.05, 4.69) is 29.5 Å². The number of anilines is 1. The summed E-state index contributed by atoms with van der Waals surface area (Å²) in [5.41, 5.74) is 4.51. The zero-order valence-corrected chi connectivity index (χ0v) is 20.5. The molecule has 158 valence electrons. The molecular formula is C25H20Cl2INO2. The number of para-hydroxylation sites is 1. The summed E-state index contributed by atoms with van der Waals surface area (Å²) in [7, 11) is 0. The fraction of sp³-hybridized carbons (Fsp3) is 0.160. The Morgan fingerprint density at radius 3 is 2.61 bits per heavy atom. The molecule has 0 fully saturated rings. The Bertz CT molecular complexity index is 1180. The SMILES string of the molecule is CCCN1C(=O)/C(=C\c2ccc(OCc3ccc(Cl)cc3Cl)c(I)c2)c2ccccc21. The molecule has 31 heavy (non-hydrogen) atoms. The lowest BCUT2D eigenvalue weighted by atomic mass is 10.0. The van der Waals surface area contributed by atoms with Crippen molar-refractivity contribution in [2.45, 2.75) is 20.0 Å². The van der Waals surface area contributed by atoms with Crippen molar-refractivity contribution in [3.05, 3.63) is 91.0 Å². The molecule has 4 rings (SSSR count). The molecule has 6 heteroatoms. The number of halogens is 3. The summed E-state index contributed by atoms with van der Waals surface area (Å²) < 4.78 is 6.92. The monoisotopic (exact) mass is 563 g/mol. The topological polar surface area (TPSA) is 29.5 Å². The lowest BCUT2D eigenvalue weighted by Gasteiger charge is -2.15. The second-order valence-corrected chi connectivity index (χ2v) is 9.25. The van der Waals surface area contributed by atoms with E-state index < -0.39 is 0 Å². The van der Waals surface area contributed by atoms with Crippen LogP contribution in [0, 0.1) is 3.57 Å². The van der Waals surface area contributed by atoms with Crippen LogP contribution in [0.4, 0.5) is 5.69 Å². The molecule has 1 aliphatic heterocycles. The highest BCUT2D eigenvalue weighted by molar-refractivity contribution is 14.1. The van der Waals surface area contributed by atoms with Gasteiger partial charge in [0, 0.05) is 33.3 Å². The minimum absolute atomic E-state index is 0.0516. The first kappa shape index (κ1) is 22.2. The smallest absolute Gasteiger partial charge is 0.258 e. The number of ether oxygens (including phenoxy) is 1. The van der Waals surface area contributed by atoms with Crippen molar-refractivity contribution in [2.75, 3.05) is 11.4 Å². The number of benzene rings is 3. The van der Waals surface area contributed by atoms with Gasteiger partial charge >= 0.3 is 0 Å². The van der Waals surface area contributed by atoms with E-state index in [1.165, 1.54) is 0 Å². The number of hydrogen-bond donors (Lipinski definition) is 0. The standard InChI is InChI=1S/C25H20Cl2INO2/c1-2-11-29-23-6-4-3-5-19(23)20(25(29)30)12-16-7-10-24(22(28)13-16)31-15-17-8-9-18(26)14-21(17)27/h3-10,12-14H,2,11,15H2,1H3/b20-12-. The molecule has 1 amide bonds. The molecule has 0 atom stereocenters. The zero-order chi connectivity index (χ0) is 22.0. The number of nitrogens with zero attached hydrogens (tertiary/aromatic N) is 1. The first-order valence-electron chi connectivity index (χ1n) is 9.97. The summed E-state index contributed by atoms with van der Waals surface area (Å²) in [5.74, 6) is 0.815. The summed E-state index contributed by atoms with van der Waals surface area (Å²) in [4.78, 5) is 14.9. The maximum atomic E-state index is 13.0. The van der Waals surface area contributed by atoms with Gasteiger partial charge in [0.25, 0.3) is 5.91 Å². The Morgan fingerprint density at radius 2 is 1.87 bits per heavy atom. The third kappa shape index (κ3) is 4.76. The number of amides is 1. The van der Waals surface area contributed by atoms with Crippen LogP contribution < -0.4 is 9.64 Å². The Labute approximate surface area is 205 Å². The van der Waals surface area contributed by atoms with Crippen molar-refractivity contribution in [1.29, 1.82) is 0 Å². The molecule has 0 aromatic heterocycles. The van der Waals surface area contributed by atoms with Gasteiger partial charge in [-0.2, -0.15) is 0 Å². The highest BCUT2D eigenvalue weighted by Crippen LogP contribution is 2.38. The summed E-state index contributed by atoms with van der Waals surface area (Å²) >= 11 is 14.4. The third-order valence-corrected chi connectivity index (χ3v) is 6.50. The molecule has 0 saturated carbocycles. The molecule has 0 N–H and O–H groups in total. The van der Waals surface area contributed by atoms with Crippen molar-refractivity contribution < 1.29 is 9.53 Å². The second kappa shape index (κ2) is 9.63. The van der Waals surface area contributed by atoms with Gasteiger partial charge in [-0.15, -0.1) is 0 Å². The summed E-state index contributed by atoms with van der Waals surface area (Å²) in [6.45, 7) is 3.14. The fourth-order valence-corrected chi connectivity index (χ4v) is 4.73. The van der Waals surface area contributed by atoms with Gasteiger partial charge < -0.3 is 9.64 Å². The van der Waals surface area contributed by atoms with Gasteiger partial charge in [0.15, 0.2) is 0 Å². The van der Waals surface area contributed by atoms with Crippen LogP contribution in [0.5, 0.6) is 5.75 Å². The van der Waals surface area contributed by atoms with Crippen LogP contribution >= 0.6 is 45.8 Å². The normalized spacial score (nSPS) is 14.3. The highest BCUT2D eigenvalue weighted by atomic mass is 127. The number of hydrogen-bond acceptors (Lipinski definition) is 2. The van der Waals surface area contributed by atoms with Gasteiger partial charge in [-0.05, 0) is 71.0 Å². The molecule has 0 aliphatic carbocycles. The number of rotatable bonds is 6. The quantitative estimate of drug-likeness (QED) is 0.230. The Balaban J connectivity index is 1.57. The van der Waals surface area contributed by atoms with Crippen LogP contribution in [0.1, 0.15) is 30.0 Å². The fourth-order valence-electron chi connectivity index (χ4n) is 3.58. The van der Waals surface area contributed by atoms with Gasteiger partial charge in [0.05, 0.1) is 9.26 Å². The predicted molar refractivity (Wildman–Crippen MR) is 137 cm³/mol. The lowest BCUT2D eigenvalue weighted by Crippen LogP contribution is -2.26. The van der Waals surface area contributed by atoms with Gasteiger partial charge in [-0.1, -0.05) is 60.5 Å². The Morgan fingerprint density at radius 1 is 1.06 bits per heavy atom. The molecule has 0 saturated heterocycles. The van der Waals surface area contributed by atoms with E-state index in [1.807, 2.05) is 59.5 Å². The van der Waals surface area contributed by atoms with Gasteiger partial charge in [-0.25, -0.2) is 0 Å². The van der Waals surface area contributed by atoms with Crippen LogP contribution in [-0.2, 0) is 11.4 Å². The van der Waals surface area contributed by atoms with Crippen LogP contribution in [0.15, 0.2) is 60.7 Å². The van der Waals surface area contributed by atoms with Crippen molar-refractivity contribution in [3.63, 3.8) is 0 Å². The summed E-state index contributed by atoms with van der Waals surface area (Å²) in [5, 5.41) is 1.18. The van der Waals surface area contributed by atoms with Gasteiger partial charge in [0.2, 0.25) is 0 Å². The van der Waals surface area contributed by atoms with Gasteiger partial charge in [0.1, 0.15) is 12.4 Å². The number of carbonyl (C=O) groups is 1. The van der Waals surface area contributed by atoms with Crippen molar-refractivity contribution in [3.8, 4) is 5.75 Å². The Hall–Kier alpha value is -2.02. The maximum Gasteiger partial charge on any atom is 0.258 e. The van der Waals surface area contributed by atoms with Crippen LogP contribution in [0.3, 0.4) is 0 Å². The molecule has 3 aromatic carbocycles. The summed E-state index contributed by atoms with van der Waals surface area (Å²) in [6, 6.07) is 19.2. The molecule has 0 bridgehead atoms. The van der Waals surface area contributed by atoms with Crippen molar-refractivity contribution >= 4 is 69.0 Å². The number of fused-ring (bicyclic) bond motifs is 1. The van der Waals surface area contributed by atoms with E-state index >= 15 is 0 Å². The lowest BCUT2D eigenvalue weighted by molar-refractivity contribution is -0.113. The second-order valence-electron chi connectivity index (χ2n) is 7.25. The third-order valence-electron chi connectivity index (χ3n) is 5.07. The number of carbonyl (C=O) groups excluding carboxylic acids is 1. The first-order valence-corrected chi connectivity index (χ1v) is 11.8. The largest absolute Gasteiger partial charge is 0.488 e. The predicted octanol–water partition coefficient (Wildman–Crippen LogP) is 7.47. The minimum Gasteiger partial charge on any atom is -0.488 e. The van der Waals surface area contributed by atoms with Crippen LogP contribution in [0.2, 0.25) is 10.0 Å². The van der Waals surface area contributed by atoms with E-state index in [9.17, 15) is 4.79 Å². The molecule has 3 aromatic rings. The van der Waals surface area contributed by atoms with Crippen LogP contribution in [-0.4, -0.2) is 12.5 Å². The zero-order valence-electron chi connectivity index (χ0n) is 16.9. The van der Waals surface area contributed by atoms with E-state index in [1.54, 1.807) is 12.1 Å². The molecule has 1 aliphatic rings. The van der Waals surface area contributed by atoms with E-state index in [4.69, 9.17) is 27.9 Å². The molecular weight excluding hydrogens is 544 g/mol. The molecule has 0 unspecified atom stereocenters. The van der Waals surface area contributed by atoms with E-state index in [-0.39, 0.29) is 5.91 Å². The minimum atomic E-state index is 0.0516. The van der Waals surface area contributed by atoms with E-state index in [0.29, 0.717) is 23.2 Å². The van der Waals surface area contributed by atoms with Crippen molar-refractivity contribution in [2.24, 2.45) is 0 Å².